The minimum Gasteiger partial charge on any atom is -0.489 e. The molecule has 2 heteroatoms. The van der Waals surface area contributed by atoms with Gasteiger partial charge in [0.2, 0.25) is 0 Å². The van der Waals surface area contributed by atoms with Crippen molar-refractivity contribution in [2.45, 2.75) is 42.1 Å². The van der Waals surface area contributed by atoms with Gasteiger partial charge in [-0.25, -0.2) is 0 Å². The zero-order valence-electron chi connectivity index (χ0n) is 8.87. The lowest BCUT2D eigenvalue weighted by atomic mass is 9.79. The summed E-state index contributed by atoms with van der Waals surface area (Å²) in [6, 6.07) is 6.62. The zero-order chi connectivity index (χ0) is 10.4. The molecule has 1 saturated carbocycles. The van der Waals surface area contributed by atoms with Gasteiger partial charge in [-0.05, 0) is 37.8 Å². The molecule has 1 aromatic rings. The molecule has 1 aromatic carbocycles. The second-order valence-electron chi connectivity index (χ2n) is 4.68. The van der Waals surface area contributed by atoms with Gasteiger partial charge in [0.25, 0.3) is 0 Å². The summed E-state index contributed by atoms with van der Waals surface area (Å²) < 4.78 is 6.73. The van der Waals surface area contributed by atoms with Crippen molar-refractivity contribution in [1.82, 2.24) is 0 Å². The highest BCUT2D eigenvalue weighted by molar-refractivity contribution is 14.1. The van der Waals surface area contributed by atoms with Crippen molar-refractivity contribution in [1.29, 1.82) is 0 Å². The van der Waals surface area contributed by atoms with Crippen LogP contribution in [0.5, 0.6) is 5.75 Å². The van der Waals surface area contributed by atoms with E-state index in [1.54, 1.807) is 0 Å². The second kappa shape index (κ2) is 3.65. The SMILES string of the molecule is Cc1ccc2c(c1)[C@H]1CCC[C@@H](O2)[C@@H]1I. The molecule has 0 N–H and O–H groups in total. The van der Waals surface area contributed by atoms with E-state index in [1.165, 1.54) is 30.4 Å². The van der Waals surface area contributed by atoms with Crippen LogP contribution in [0.1, 0.15) is 36.3 Å². The summed E-state index contributed by atoms with van der Waals surface area (Å²) in [6.45, 7) is 2.16. The molecule has 1 heterocycles. The quantitative estimate of drug-likeness (QED) is 0.522. The first-order valence-corrected chi connectivity index (χ1v) is 6.91. The van der Waals surface area contributed by atoms with Gasteiger partial charge in [0.1, 0.15) is 11.9 Å². The highest BCUT2D eigenvalue weighted by Gasteiger charge is 2.39. The summed E-state index contributed by atoms with van der Waals surface area (Å²) in [5.74, 6) is 1.87. The summed E-state index contributed by atoms with van der Waals surface area (Å²) in [5.41, 5.74) is 2.80. The largest absolute Gasteiger partial charge is 0.489 e. The first kappa shape index (κ1) is 9.94. The Bertz CT molecular complexity index is 388. The average molecular weight is 314 g/mol. The van der Waals surface area contributed by atoms with Gasteiger partial charge in [0, 0.05) is 5.92 Å². The van der Waals surface area contributed by atoms with Crippen LogP contribution in [0.4, 0.5) is 0 Å². The van der Waals surface area contributed by atoms with Gasteiger partial charge < -0.3 is 4.74 Å². The van der Waals surface area contributed by atoms with Gasteiger partial charge >= 0.3 is 0 Å². The van der Waals surface area contributed by atoms with Crippen molar-refractivity contribution in [3.05, 3.63) is 29.3 Å². The van der Waals surface area contributed by atoms with Crippen LogP contribution in [0.2, 0.25) is 0 Å². The normalized spacial score (nSPS) is 33.1. The molecular weight excluding hydrogens is 299 g/mol. The molecule has 0 radical (unpaired) electrons. The first-order valence-electron chi connectivity index (χ1n) is 5.67. The number of halogens is 1. The van der Waals surface area contributed by atoms with E-state index in [0.717, 1.165) is 11.7 Å². The molecule has 2 bridgehead atoms. The molecule has 0 amide bonds. The Kier molecular flexibility index (Phi) is 2.42. The van der Waals surface area contributed by atoms with Gasteiger partial charge in [-0.3, -0.25) is 0 Å². The van der Waals surface area contributed by atoms with E-state index >= 15 is 0 Å². The van der Waals surface area contributed by atoms with Crippen molar-refractivity contribution < 1.29 is 4.74 Å². The van der Waals surface area contributed by atoms with Gasteiger partial charge in [-0.2, -0.15) is 0 Å². The molecule has 1 aliphatic heterocycles. The molecule has 1 aliphatic carbocycles. The van der Waals surface area contributed by atoms with E-state index < -0.39 is 0 Å². The molecule has 3 rings (SSSR count). The van der Waals surface area contributed by atoms with E-state index in [4.69, 9.17) is 4.74 Å². The zero-order valence-corrected chi connectivity index (χ0v) is 11.0. The van der Waals surface area contributed by atoms with Crippen molar-refractivity contribution in [3.8, 4) is 5.75 Å². The van der Waals surface area contributed by atoms with E-state index in [-0.39, 0.29) is 0 Å². The Balaban J connectivity index is 2.09. The van der Waals surface area contributed by atoms with E-state index in [0.29, 0.717) is 10.0 Å². The fourth-order valence-electron chi connectivity index (χ4n) is 2.80. The molecule has 1 nitrogen and oxygen atoms in total. The van der Waals surface area contributed by atoms with Crippen LogP contribution >= 0.6 is 22.6 Å². The lowest BCUT2D eigenvalue weighted by Crippen LogP contribution is -2.39. The standard InChI is InChI=1S/C13H15IO/c1-8-5-6-11-10(7-8)9-3-2-4-12(15-11)13(9)14/h5-7,9,12-13H,2-4H2,1H3/t9-,12-,13-/m1/s1. The molecule has 15 heavy (non-hydrogen) atoms. The Morgan fingerprint density at radius 2 is 2.20 bits per heavy atom. The maximum atomic E-state index is 6.06. The molecule has 0 unspecified atom stereocenters. The highest BCUT2D eigenvalue weighted by atomic mass is 127. The lowest BCUT2D eigenvalue weighted by molar-refractivity contribution is 0.132. The summed E-state index contributed by atoms with van der Waals surface area (Å²) in [6.07, 6.45) is 4.35. The molecule has 0 spiro atoms. The predicted octanol–water partition coefficient (Wildman–Crippen LogP) is 3.83. The summed E-state index contributed by atoms with van der Waals surface area (Å²) >= 11 is 2.58. The smallest absolute Gasteiger partial charge is 0.123 e. The van der Waals surface area contributed by atoms with Crippen LogP contribution in [0.3, 0.4) is 0 Å². The Hall–Kier alpha value is -0.250. The first-order chi connectivity index (χ1) is 7.25. The molecule has 1 fully saturated rings. The molecule has 2 aliphatic rings. The topological polar surface area (TPSA) is 9.23 Å². The van der Waals surface area contributed by atoms with Crippen molar-refractivity contribution >= 4 is 22.6 Å². The van der Waals surface area contributed by atoms with E-state index in [2.05, 4.69) is 47.7 Å². The van der Waals surface area contributed by atoms with Gasteiger partial charge in [0.05, 0.1) is 3.92 Å². The minimum absolute atomic E-state index is 0.458. The molecule has 3 atom stereocenters. The fourth-order valence-corrected chi connectivity index (χ4v) is 4.05. The summed E-state index contributed by atoms with van der Waals surface area (Å²) in [7, 11) is 0. The van der Waals surface area contributed by atoms with Crippen molar-refractivity contribution in [2.75, 3.05) is 0 Å². The number of fused-ring (bicyclic) bond motifs is 4. The number of aryl methyl sites for hydroxylation is 1. The lowest BCUT2D eigenvalue weighted by Gasteiger charge is -2.41. The van der Waals surface area contributed by atoms with Crippen LogP contribution in [0, 0.1) is 6.92 Å². The Labute approximate surface area is 104 Å². The van der Waals surface area contributed by atoms with Gasteiger partial charge in [0.15, 0.2) is 0 Å². The van der Waals surface area contributed by atoms with Crippen LogP contribution in [0.25, 0.3) is 0 Å². The second-order valence-corrected chi connectivity index (χ2v) is 6.12. The van der Waals surface area contributed by atoms with Gasteiger partial charge in [-0.1, -0.05) is 40.3 Å². The maximum absolute atomic E-state index is 6.06. The third-order valence-corrected chi connectivity index (χ3v) is 5.26. The Morgan fingerprint density at radius 1 is 1.33 bits per heavy atom. The van der Waals surface area contributed by atoms with Crippen LogP contribution < -0.4 is 4.74 Å². The van der Waals surface area contributed by atoms with Crippen molar-refractivity contribution in [3.63, 3.8) is 0 Å². The fraction of sp³-hybridized carbons (Fsp3) is 0.538. The molecular formula is C13H15IO. The summed E-state index contributed by atoms with van der Waals surface area (Å²) in [5, 5.41) is 0. The summed E-state index contributed by atoms with van der Waals surface area (Å²) in [4.78, 5) is 0. The molecule has 0 aromatic heterocycles. The predicted molar refractivity (Wildman–Crippen MR) is 70.0 cm³/mol. The number of hydrogen-bond acceptors (Lipinski definition) is 1. The van der Waals surface area contributed by atoms with Crippen LogP contribution in [-0.4, -0.2) is 10.0 Å². The number of hydrogen-bond donors (Lipinski definition) is 0. The maximum Gasteiger partial charge on any atom is 0.123 e. The molecule has 80 valence electrons. The molecule has 0 saturated heterocycles. The number of alkyl halides is 1. The average Bonchev–Trinajstić information content (AvgIpc) is 2.20. The van der Waals surface area contributed by atoms with Crippen LogP contribution in [-0.2, 0) is 0 Å². The number of ether oxygens (including phenoxy) is 1. The van der Waals surface area contributed by atoms with E-state index in [1.807, 2.05) is 0 Å². The minimum atomic E-state index is 0.458. The highest BCUT2D eigenvalue weighted by Crippen LogP contribution is 2.47. The van der Waals surface area contributed by atoms with E-state index in [9.17, 15) is 0 Å². The Morgan fingerprint density at radius 3 is 3.07 bits per heavy atom. The van der Waals surface area contributed by atoms with Crippen LogP contribution in [0.15, 0.2) is 18.2 Å². The third kappa shape index (κ3) is 1.57. The van der Waals surface area contributed by atoms with Crippen molar-refractivity contribution in [2.24, 2.45) is 0 Å². The van der Waals surface area contributed by atoms with Gasteiger partial charge in [-0.15, -0.1) is 0 Å². The number of benzene rings is 1. The number of rotatable bonds is 0. The third-order valence-electron chi connectivity index (χ3n) is 3.59. The monoisotopic (exact) mass is 314 g/mol.